The second-order valence-corrected chi connectivity index (χ2v) is 3.13. The summed E-state index contributed by atoms with van der Waals surface area (Å²) in [7, 11) is 1.71. The summed E-state index contributed by atoms with van der Waals surface area (Å²) in [6.07, 6.45) is 5.09. The first-order valence-corrected chi connectivity index (χ1v) is 4.37. The summed E-state index contributed by atoms with van der Waals surface area (Å²) in [5.74, 6) is 2.38. The van der Waals surface area contributed by atoms with E-state index in [0.29, 0.717) is 5.92 Å². The minimum atomic E-state index is 0.425. The number of allylic oxidation sites excluding steroid dienone is 2. The fourth-order valence-corrected chi connectivity index (χ4v) is 1.58. The van der Waals surface area contributed by atoms with Crippen molar-refractivity contribution in [3.63, 3.8) is 0 Å². The molecule has 1 atom stereocenters. The van der Waals surface area contributed by atoms with Crippen molar-refractivity contribution in [3.05, 3.63) is 17.7 Å². The van der Waals surface area contributed by atoms with Crippen molar-refractivity contribution in [2.24, 2.45) is 0 Å². The number of tetrazole rings is 1. The Balaban J connectivity index is 2.03. The van der Waals surface area contributed by atoms with Crippen LogP contribution in [0.3, 0.4) is 0 Å². The first-order valence-electron chi connectivity index (χ1n) is 4.37. The Hall–Kier alpha value is -1.39. The Morgan fingerprint density at radius 2 is 2.54 bits per heavy atom. The SMILES string of the molecule is COC1=CCC(c2nnn[nH]2)CC1. The van der Waals surface area contributed by atoms with E-state index < -0.39 is 0 Å². The van der Waals surface area contributed by atoms with Gasteiger partial charge in [-0.3, -0.25) is 0 Å². The predicted octanol–water partition coefficient (Wildman–Crippen LogP) is 0.997. The fourth-order valence-electron chi connectivity index (χ4n) is 1.58. The second kappa shape index (κ2) is 3.55. The quantitative estimate of drug-likeness (QED) is 0.737. The molecule has 2 rings (SSSR count). The highest BCUT2D eigenvalue weighted by molar-refractivity contribution is 5.06. The van der Waals surface area contributed by atoms with Crippen LogP contribution in [0, 0.1) is 0 Å². The van der Waals surface area contributed by atoms with E-state index in [-0.39, 0.29) is 0 Å². The minimum absolute atomic E-state index is 0.425. The lowest BCUT2D eigenvalue weighted by Crippen LogP contribution is -2.06. The van der Waals surface area contributed by atoms with Crippen molar-refractivity contribution >= 4 is 0 Å². The number of H-pyrrole nitrogens is 1. The third-order valence-corrected chi connectivity index (χ3v) is 2.38. The van der Waals surface area contributed by atoms with Gasteiger partial charge in [0.2, 0.25) is 0 Å². The van der Waals surface area contributed by atoms with Crippen LogP contribution in [-0.4, -0.2) is 27.7 Å². The standard InChI is InChI=1S/C8H12N4O/c1-13-7-4-2-6(3-5-7)8-9-11-12-10-8/h4,6H,2-3,5H2,1H3,(H,9,10,11,12). The molecule has 5 heteroatoms. The molecule has 70 valence electrons. The second-order valence-electron chi connectivity index (χ2n) is 3.13. The molecular formula is C8H12N4O. The summed E-state index contributed by atoms with van der Waals surface area (Å²) >= 11 is 0. The lowest BCUT2D eigenvalue weighted by atomic mass is 9.93. The molecule has 1 unspecified atom stereocenters. The monoisotopic (exact) mass is 180 g/mol. The molecule has 1 heterocycles. The van der Waals surface area contributed by atoms with Crippen molar-refractivity contribution in [1.82, 2.24) is 20.6 Å². The number of nitrogens with one attached hydrogen (secondary N) is 1. The van der Waals surface area contributed by atoms with Gasteiger partial charge in [0.25, 0.3) is 0 Å². The third kappa shape index (κ3) is 1.68. The number of methoxy groups -OCH3 is 1. The average Bonchev–Trinajstić information content (AvgIpc) is 2.71. The van der Waals surface area contributed by atoms with E-state index in [1.54, 1.807) is 7.11 Å². The van der Waals surface area contributed by atoms with Crippen LogP contribution in [0.25, 0.3) is 0 Å². The lowest BCUT2D eigenvalue weighted by Gasteiger charge is -2.18. The number of rotatable bonds is 2. The van der Waals surface area contributed by atoms with E-state index in [2.05, 4.69) is 26.7 Å². The van der Waals surface area contributed by atoms with Crippen LogP contribution in [0.5, 0.6) is 0 Å². The summed E-state index contributed by atoms with van der Waals surface area (Å²) in [5.41, 5.74) is 0. The van der Waals surface area contributed by atoms with Crippen LogP contribution in [0.4, 0.5) is 0 Å². The summed E-state index contributed by atoms with van der Waals surface area (Å²) in [5, 5.41) is 13.8. The first-order chi connectivity index (χ1) is 6.40. The molecule has 5 nitrogen and oxygen atoms in total. The van der Waals surface area contributed by atoms with Gasteiger partial charge in [-0.1, -0.05) is 0 Å². The third-order valence-electron chi connectivity index (χ3n) is 2.38. The van der Waals surface area contributed by atoms with Crippen molar-refractivity contribution in [1.29, 1.82) is 0 Å². The fraction of sp³-hybridized carbons (Fsp3) is 0.625. The zero-order chi connectivity index (χ0) is 9.10. The molecule has 0 saturated heterocycles. The minimum Gasteiger partial charge on any atom is -0.501 e. The van der Waals surface area contributed by atoms with Gasteiger partial charge in [-0.2, -0.15) is 0 Å². The molecule has 1 N–H and O–H groups in total. The Bertz CT molecular complexity index is 293. The van der Waals surface area contributed by atoms with Crippen molar-refractivity contribution in [2.45, 2.75) is 25.2 Å². The molecule has 13 heavy (non-hydrogen) atoms. The van der Waals surface area contributed by atoms with Crippen LogP contribution >= 0.6 is 0 Å². The maximum atomic E-state index is 5.16. The van der Waals surface area contributed by atoms with Crippen LogP contribution in [0.1, 0.15) is 31.0 Å². The summed E-state index contributed by atoms with van der Waals surface area (Å²) in [6, 6.07) is 0. The summed E-state index contributed by atoms with van der Waals surface area (Å²) < 4.78 is 5.16. The van der Waals surface area contributed by atoms with Crippen LogP contribution in [-0.2, 0) is 4.74 Å². The molecule has 0 amide bonds. The Morgan fingerprint density at radius 3 is 3.08 bits per heavy atom. The molecule has 0 bridgehead atoms. The van der Waals surface area contributed by atoms with Gasteiger partial charge in [0.1, 0.15) is 0 Å². The van der Waals surface area contributed by atoms with E-state index >= 15 is 0 Å². The van der Waals surface area contributed by atoms with Crippen LogP contribution in [0.15, 0.2) is 11.8 Å². The number of nitrogens with zero attached hydrogens (tertiary/aromatic N) is 3. The molecule has 1 aliphatic carbocycles. The number of aromatic nitrogens is 4. The number of hydrogen-bond donors (Lipinski definition) is 1. The van der Waals surface area contributed by atoms with Gasteiger partial charge in [0.15, 0.2) is 5.82 Å². The number of ether oxygens (including phenoxy) is 1. The highest BCUT2D eigenvalue weighted by atomic mass is 16.5. The van der Waals surface area contributed by atoms with Crippen molar-refractivity contribution in [2.75, 3.05) is 7.11 Å². The summed E-state index contributed by atoms with van der Waals surface area (Å²) in [4.78, 5) is 0. The number of hydrogen-bond acceptors (Lipinski definition) is 4. The zero-order valence-electron chi connectivity index (χ0n) is 7.53. The molecule has 0 fully saturated rings. The summed E-state index contributed by atoms with van der Waals surface area (Å²) in [6.45, 7) is 0. The maximum absolute atomic E-state index is 5.16. The molecule has 0 aromatic carbocycles. The predicted molar refractivity (Wildman–Crippen MR) is 45.9 cm³/mol. The van der Waals surface area contributed by atoms with Crippen LogP contribution in [0.2, 0.25) is 0 Å². The van der Waals surface area contributed by atoms with E-state index in [1.165, 1.54) is 0 Å². The van der Waals surface area contributed by atoms with Gasteiger partial charge in [-0.05, 0) is 29.3 Å². The van der Waals surface area contributed by atoms with Gasteiger partial charge < -0.3 is 4.74 Å². The smallest absolute Gasteiger partial charge is 0.151 e. The molecule has 0 spiro atoms. The molecule has 1 aromatic heterocycles. The Kier molecular flexibility index (Phi) is 2.25. The maximum Gasteiger partial charge on any atom is 0.151 e. The topological polar surface area (TPSA) is 63.7 Å². The molecule has 0 saturated carbocycles. The lowest BCUT2D eigenvalue weighted by molar-refractivity contribution is 0.261. The first kappa shape index (κ1) is 8.22. The Labute approximate surface area is 76.2 Å². The van der Waals surface area contributed by atoms with Gasteiger partial charge in [-0.15, -0.1) is 5.10 Å². The average molecular weight is 180 g/mol. The highest BCUT2D eigenvalue weighted by Gasteiger charge is 2.19. The molecule has 0 radical (unpaired) electrons. The normalized spacial score (nSPS) is 22.5. The zero-order valence-corrected chi connectivity index (χ0v) is 7.53. The molecular weight excluding hydrogens is 168 g/mol. The Morgan fingerprint density at radius 1 is 1.62 bits per heavy atom. The molecule has 1 aliphatic rings. The van der Waals surface area contributed by atoms with Gasteiger partial charge in [-0.25, -0.2) is 5.10 Å². The van der Waals surface area contributed by atoms with Crippen LogP contribution < -0.4 is 0 Å². The van der Waals surface area contributed by atoms with Crippen molar-refractivity contribution < 1.29 is 4.74 Å². The molecule has 0 aliphatic heterocycles. The van der Waals surface area contributed by atoms with E-state index in [9.17, 15) is 0 Å². The van der Waals surface area contributed by atoms with Gasteiger partial charge in [0, 0.05) is 12.3 Å². The van der Waals surface area contributed by atoms with E-state index in [1.807, 2.05) is 0 Å². The molecule has 1 aromatic rings. The van der Waals surface area contributed by atoms with Gasteiger partial charge >= 0.3 is 0 Å². The van der Waals surface area contributed by atoms with E-state index in [4.69, 9.17) is 4.74 Å². The number of aromatic amines is 1. The van der Waals surface area contributed by atoms with Gasteiger partial charge in [0.05, 0.1) is 12.9 Å². The highest BCUT2D eigenvalue weighted by Crippen LogP contribution is 2.29. The van der Waals surface area contributed by atoms with E-state index in [0.717, 1.165) is 30.8 Å². The van der Waals surface area contributed by atoms with Crippen molar-refractivity contribution in [3.8, 4) is 0 Å². The largest absolute Gasteiger partial charge is 0.501 e.